The van der Waals surface area contributed by atoms with Crippen molar-refractivity contribution in [1.82, 2.24) is 15.0 Å². The number of carbonyl (C=O) groups excluding carboxylic acids is 1. The number of halogens is 1. The molecule has 0 aromatic carbocycles. The predicted octanol–water partition coefficient (Wildman–Crippen LogP) is 2.27. The SMILES string of the molecule is CC1(C)CN(C(=O)CCc2nc(-c3ccco3)no2)CCC1N.Cl. The van der Waals surface area contributed by atoms with Crippen molar-refractivity contribution in [2.45, 2.75) is 39.2 Å². The number of aryl methyl sites for hydroxylation is 1. The van der Waals surface area contributed by atoms with Gasteiger partial charge in [-0.2, -0.15) is 4.98 Å². The van der Waals surface area contributed by atoms with E-state index in [1.165, 1.54) is 0 Å². The summed E-state index contributed by atoms with van der Waals surface area (Å²) in [6, 6.07) is 3.66. The molecule has 1 atom stereocenters. The molecule has 0 radical (unpaired) electrons. The molecule has 3 heterocycles. The molecule has 2 aromatic heterocycles. The second-order valence-electron chi connectivity index (χ2n) is 6.69. The Labute approximate surface area is 147 Å². The fourth-order valence-corrected chi connectivity index (χ4v) is 2.82. The first kappa shape index (κ1) is 18.5. The standard InChI is InChI=1S/C16H22N4O3.ClH/c1-16(2)10-20(8-7-12(16)17)14(21)6-5-13-18-15(19-23-13)11-4-3-9-22-11;/h3-4,9,12H,5-8,10,17H2,1-2H3;1H. The molecule has 1 saturated heterocycles. The first-order valence-electron chi connectivity index (χ1n) is 7.85. The van der Waals surface area contributed by atoms with Gasteiger partial charge in [0.05, 0.1) is 6.26 Å². The summed E-state index contributed by atoms with van der Waals surface area (Å²) < 4.78 is 10.4. The quantitative estimate of drug-likeness (QED) is 0.904. The number of piperidine rings is 1. The summed E-state index contributed by atoms with van der Waals surface area (Å²) in [5.41, 5.74) is 6.06. The van der Waals surface area contributed by atoms with Crippen LogP contribution in [0.5, 0.6) is 0 Å². The average molecular weight is 355 g/mol. The van der Waals surface area contributed by atoms with Gasteiger partial charge < -0.3 is 19.6 Å². The van der Waals surface area contributed by atoms with Crippen LogP contribution in [-0.4, -0.2) is 40.1 Å². The topological polar surface area (TPSA) is 98.4 Å². The van der Waals surface area contributed by atoms with Gasteiger partial charge in [0.2, 0.25) is 17.6 Å². The number of hydrogen-bond donors (Lipinski definition) is 1. The molecule has 8 heteroatoms. The van der Waals surface area contributed by atoms with E-state index < -0.39 is 0 Å². The third kappa shape index (κ3) is 3.96. The molecule has 1 aliphatic rings. The number of aromatic nitrogens is 2. The van der Waals surface area contributed by atoms with Gasteiger partial charge in [-0.1, -0.05) is 19.0 Å². The van der Waals surface area contributed by atoms with Crippen LogP contribution < -0.4 is 5.73 Å². The van der Waals surface area contributed by atoms with E-state index in [1.807, 2.05) is 4.90 Å². The zero-order valence-corrected chi connectivity index (χ0v) is 14.7. The number of rotatable bonds is 4. The summed E-state index contributed by atoms with van der Waals surface area (Å²) in [7, 11) is 0. The monoisotopic (exact) mass is 354 g/mol. The number of hydrogen-bond acceptors (Lipinski definition) is 6. The number of carbonyl (C=O) groups is 1. The lowest BCUT2D eigenvalue weighted by Gasteiger charge is -2.42. The maximum absolute atomic E-state index is 12.4. The molecule has 2 aromatic rings. The Balaban J connectivity index is 0.00000208. The van der Waals surface area contributed by atoms with Gasteiger partial charge in [0.15, 0.2) is 5.76 Å². The van der Waals surface area contributed by atoms with Gasteiger partial charge in [-0.3, -0.25) is 4.79 Å². The Morgan fingerprint density at radius 2 is 2.29 bits per heavy atom. The van der Waals surface area contributed by atoms with Gasteiger partial charge in [0, 0.05) is 32.0 Å². The van der Waals surface area contributed by atoms with Gasteiger partial charge in [-0.05, 0) is 24.0 Å². The lowest BCUT2D eigenvalue weighted by atomic mass is 9.79. The molecule has 3 rings (SSSR count). The Hall–Kier alpha value is -1.86. The van der Waals surface area contributed by atoms with Gasteiger partial charge in [0.1, 0.15) is 0 Å². The zero-order valence-electron chi connectivity index (χ0n) is 13.9. The average Bonchev–Trinajstić information content (AvgIpc) is 3.17. The molecular formula is C16H23ClN4O3. The van der Waals surface area contributed by atoms with Crippen LogP contribution in [0.3, 0.4) is 0 Å². The molecule has 24 heavy (non-hydrogen) atoms. The fraction of sp³-hybridized carbons (Fsp3) is 0.562. The zero-order chi connectivity index (χ0) is 16.4. The summed E-state index contributed by atoms with van der Waals surface area (Å²) in [5.74, 6) is 1.50. The number of likely N-dealkylation sites (tertiary alicyclic amines) is 1. The molecule has 1 fully saturated rings. The van der Waals surface area contributed by atoms with Crippen LogP contribution in [0.15, 0.2) is 27.3 Å². The highest BCUT2D eigenvalue weighted by molar-refractivity contribution is 5.85. The Morgan fingerprint density at radius 1 is 1.50 bits per heavy atom. The Morgan fingerprint density at radius 3 is 2.96 bits per heavy atom. The van der Waals surface area contributed by atoms with Crippen molar-refractivity contribution >= 4 is 18.3 Å². The molecular weight excluding hydrogens is 332 g/mol. The van der Waals surface area contributed by atoms with Crippen LogP contribution in [0.4, 0.5) is 0 Å². The maximum Gasteiger partial charge on any atom is 0.238 e. The van der Waals surface area contributed by atoms with Crippen LogP contribution in [0.1, 0.15) is 32.6 Å². The molecule has 2 N–H and O–H groups in total. The van der Waals surface area contributed by atoms with Crippen molar-refractivity contribution in [1.29, 1.82) is 0 Å². The summed E-state index contributed by atoms with van der Waals surface area (Å²) in [5, 5.41) is 3.86. The van der Waals surface area contributed by atoms with E-state index >= 15 is 0 Å². The third-order valence-electron chi connectivity index (χ3n) is 4.43. The number of amides is 1. The first-order valence-corrected chi connectivity index (χ1v) is 7.85. The molecule has 0 bridgehead atoms. The lowest BCUT2D eigenvalue weighted by Crippen LogP contribution is -2.54. The van der Waals surface area contributed by atoms with Gasteiger partial charge >= 0.3 is 0 Å². The second kappa shape index (κ2) is 7.36. The summed E-state index contributed by atoms with van der Waals surface area (Å²) in [4.78, 5) is 18.5. The molecule has 132 valence electrons. The van der Waals surface area contributed by atoms with Gasteiger partial charge in [-0.15, -0.1) is 12.4 Å². The fourth-order valence-electron chi connectivity index (χ4n) is 2.82. The van der Waals surface area contributed by atoms with Crippen LogP contribution in [0.2, 0.25) is 0 Å². The van der Waals surface area contributed by atoms with E-state index in [2.05, 4.69) is 24.0 Å². The molecule has 1 aliphatic heterocycles. The number of nitrogens with two attached hydrogens (primary N) is 1. The summed E-state index contributed by atoms with van der Waals surface area (Å²) in [6.45, 7) is 5.61. The summed E-state index contributed by atoms with van der Waals surface area (Å²) in [6.07, 6.45) is 3.17. The number of nitrogens with zero attached hydrogens (tertiary/aromatic N) is 3. The second-order valence-corrected chi connectivity index (χ2v) is 6.69. The first-order chi connectivity index (χ1) is 11.0. The van der Waals surface area contributed by atoms with E-state index in [0.29, 0.717) is 43.4 Å². The third-order valence-corrected chi connectivity index (χ3v) is 4.43. The Bertz CT molecular complexity index is 669. The lowest BCUT2D eigenvalue weighted by molar-refractivity contribution is -0.134. The van der Waals surface area contributed by atoms with Crippen molar-refractivity contribution in [3.63, 3.8) is 0 Å². The minimum absolute atomic E-state index is 0. The van der Waals surface area contributed by atoms with Crippen LogP contribution in [0, 0.1) is 5.41 Å². The molecule has 1 unspecified atom stereocenters. The van der Waals surface area contributed by atoms with Crippen molar-refractivity contribution < 1.29 is 13.7 Å². The highest BCUT2D eigenvalue weighted by atomic mass is 35.5. The van der Waals surface area contributed by atoms with Gasteiger partial charge in [-0.25, -0.2) is 0 Å². The largest absolute Gasteiger partial charge is 0.461 e. The minimum Gasteiger partial charge on any atom is -0.461 e. The Kier molecular flexibility index (Phi) is 5.66. The van der Waals surface area contributed by atoms with Crippen molar-refractivity contribution in [3.05, 3.63) is 24.3 Å². The normalized spacial score (nSPS) is 19.8. The molecule has 0 spiro atoms. The molecule has 0 aliphatic carbocycles. The van der Waals surface area contributed by atoms with Crippen molar-refractivity contribution in [3.8, 4) is 11.6 Å². The van der Waals surface area contributed by atoms with Crippen LogP contribution >= 0.6 is 12.4 Å². The smallest absolute Gasteiger partial charge is 0.238 e. The minimum atomic E-state index is -0.0507. The van der Waals surface area contributed by atoms with E-state index in [0.717, 1.165) is 6.42 Å². The van der Waals surface area contributed by atoms with E-state index in [1.54, 1.807) is 18.4 Å². The van der Waals surface area contributed by atoms with Crippen LogP contribution in [-0.2, 0) is 11.2 Å². The summed E-state index contributed by atoms with van der Waals surface area (Å²) >= 11 is 0. The molecule has 7 nitrogen and oxygen atoms in total. The molecule has 0 saturated carbocycles. The highest BCUT2D eigenvalue weighted by Gasteiger charge is 2.35. The highest BCUT2D eigenvalue weighted by Crippen LogP contribution is 2.28. The maximum atomic E-state index is 12.4. The van der Waals surface area contributed by atoms with Crippen molar-refractivity contribution in [2.24, 2.45) is 11.1 Å². The van der Waals surface area contributed by atoms with Crippen molar-refractivity contribution in [2.75, 3.05) is 13.1 Å². The molecule has 1 amide bonds. The van der Waals surface area contributed by atoms with Gasteiger partial charge in [0.25, 0.3) is 0 Å². The van der Waals surface area contributed by atoms with E-state index in [9.17, 15) is 4.79 Å². The van der Waals surface area contributed by atoms with Crippen LogP contribution in [0.25, 0.3) is 11.6 Å². The van der Waals surface area contributed by atoms with E-state index in [-0.39, 0.29) is 29.8 Å². The number of furan rings is 1. The van der Waals surface area contributed by atoms with E-state index in [4.69, 9.17) is 14.7 Å². The predicted molar refractivity (Wildman–Crippen MR) is 90.5 cm³/mol.